The second-order valence-electron chi connectivity index (χ2n) is 3.89. The van der Waals surface area contributed by atoms with Crippen molar-refractivity contribution in [1.29, 1.82) is 0 Å². The highest BCUT2D eigenvalue weighted by Crippen LogP contribution is 2.25. The topological polar surface area (TPSA) is 61.4 Å². The Kier molecular flexibility index (Phi) is 8.02. The normalized spacial score (nSPS) is 10.0. The van der Waals surface area contributed by atoms with E-state index in [1.165, 1.54) is 0 Å². The summed E-state index contributed by atoms with van der Waals surface area (Å²) in [5, 5.41) is 14.3. The summed E-state index contributed by atoms with van der Waals surface area (Å²) in [5.41, 5.74) is -0.730. The van der Waals surface area contributed by atoms with E-state index >= 15 is 0 Å². The summed E-state index contributed by atoms with van der Waals surface area (Å²) < 4.78 is 39.2. The third kappa shape index (κ3) is 4.57. The molecule has 1 aromatic carbocycles. The summed E-state index contributed by atoms with van der Waals surface area (Å²) in [4.78, 5) is 11.5. The maximum Gasteiger partial charge on any atom is 0.254 e. The Morgan fingerprint density at radius 3 is 2.45 bits per heavy atom. The van der Waals surface area contributed by atoms with Gasteiger partial charge >= 0.3 is 0 Å². The van der Waals surface area contributed by atoms with Gasteiger partial charge in [-0.05, 0) is 19.0 Å². The maximum atomic E-state index is 13.4. The molecule has 0 heterocycles. The standard InChI is InChI=1S/C12H15F3N2O2.ClH/c1-2-3-16-4-5-17-12(19)7-6-8(13)10(15)11(18)9(7)14;/h6,16,18H,2-5H2,1H3,(H,17,19);1H. The van der Waals surface area contributed by atoms with Crippen LogP contribution < -0.4 is 10.6 Å². The average molecular weight is 313 g/mol. The van der Waals surface area contributed by atoms with Crippen LogP contribution in [0.4, 0.5) is 13.2 Å². The van der Waals surface area contributed by atoms with Gasteiger partial charge in [0.05, 0.1) is 5.56 Å². The zero-order valence-corrected chi connectivity index (χ0v) is 11.6. The van der Waals surface area contributed by atoms with Gasteiger partial charge in [-0.25, -0.2) is 8.78 Å². The Labute approximate surface area is 120 Å². The first-order chi connectivity index (χ1) is 8.99. The van der Waals surface area contributed by atoms with Gasteiger partial charge in [-0.3, -0.25) is 4.79 Å². The van der Waals surface area contributed by atoms with E-state index in [1.807, 2.05) is 6.92 Å². The predicted molar refractivity (Wildman–Crippen MR) is 70.7 cm³/mol. The third-order valence-electron chi connectivity index (χ3n) is 2.39. The molecule has 4 nitrogen and oxygen atoms in total. The Balaban J connectivity index is 0.00000361. The van der Waals surface area contributed by atoms with E-state index in [4.69, 9.17) is 5.11 Å². The number of rotatable bonds is 6. The van der Waals surface area contributed by atoms with Crippen molar-refractivity contribution in [2.24, 2.45) is 0 Å². The molecule has 0 atom stereocenters. The van der Waals surface area contributed by atoms with Crippen LogP contribution >= 0.6 is 12.4 Å². The molecule has 1 aromatic rings. The number of carbonyl (C=O) groups excluding carboxylic acids is 1. The molecule has 0 saturated carbocycles. The molecule has 8 heteroatoms. The number of hydrogen-bond acceptors (Lipinski definition) is 3. The number of benzene rings is 1. The smallest absolute Gasteiger partial charge is 0.254 e. The molecule has 0 spiro atoms. The summed E-state index contributed by atoms with van der Waals surface area (Å²) in [7, 11) is 0. The zero-order chi connectivity index (χ0) is 14.4. The van der Waals surface area contributed by atoms with E-state index in [0.29, 0.717) is 12.6 Å². The minimum atomic E-state index is -1.71. The average Bonchev–Trinajstić information content (AvgIpc) is 2.40. The number of carbonyl (C=O) groups is 1. The second kappa shape index (κ2) is 8.65. The van der Waals surface area contributed by atoms with E-state index in [0.717, 1.165) is 13.0 Å². The summed E-state index contributed by atoms with van der Waals surface area (Å²) in [6, 6.07) is 0.416. The highest BCUT2D eigenvalue weighted by molar-refractivity contribution is 5.94. The fraction of sp³-hybridized carbons (Fsp3) is 0.417. The van der Waals surface area contributed by atoms with Gasteiger partial charge in [0, 0.05) is 13.1 Å². The Morgan fingerprint density at radius 1 is 1.20 bits per heavy atom. The molecule has 1 amide bonds. The van der Waals surface area contributed by atoms with Crippen molar-refractivity contribution < 1.29 is 23.1 Å². The molecule has 0 bridgehead atoms. The molecule has 0 aliphatic heterocycles. The summed E-state index contributed by atoms with van der Waals surface area (Å²) in [5.74, 6) is -7.07. The van der Waals surface area contributed by atoms with E-state index < -0.39 is 34.7 Å². The lowest BCUT2D eigenvalue weighted by Gasteiger charge is -2.08. The molecule has 3 N–H and O–H groups in total. The highest BCUT2D eigenvalue weighted by Gasteiger charge is 2.22. The van der Waals surface area contributed by atoms with Crippen LogP contribution in [-0.4, -0.2) is 30.6 Å². The van der Waals surface area contributed by atoms with Crippen LogP contribution in [0.2, 0.25) is 0 Å². The number of amides is 1. The van der Waals surface area contributed by atoms with Gasteiger partial charge in [0.2, 0.25) is 5.82 Å². The van der Waals surface area contributed by atoms with E-state index in [2.05, 4.69) is 10.6 Å². The van der Waals surface area contributed by atoms with Crippen LogP contribution in [0.5, 0.6) is 5.75 Å². The van der Waals surface area contributed by atoms with Crippen molar-refractivity contribution in [1.82, 2.24) is 10.6 Å². The number of aromatic hydroxyl groups is 1. The van der Waals surface area contributed by atoms with Crippen molar-refractivity contribution in [2.75, 3.05) is 19.6 Å². The van der Waals surface area contributed by atoms with Crippen molar-refractivity contribution in [3.8, 4) is 5.75 Å². The summed E-state index contributed by atoms with van der Waals surface area (Å²) >= 11 is 0. The quantitative estimate of drug-likeness (QED) is 0.556. The summed E-state index contributed by atoms with van der Waals surface area (Å²) in [6.45, 7) is 3.43. The molecule has 0 aliphatic carbocycles. The van der Waals surface area contributed by atoms with E-state index in [1.54, 1.807) is 0 Å². The van der Waals surface area contributed by atoms with Gasteiger partial charge in [0.1, 0.15) is 0 Å². The number of phenolic OH excluding ortho intramolecular Hbond substituents is 1. The lowest BCUT2D eigenvalue weighted by atomic mass is 10.1. The Hall–Kier alpha value is -1.47. The fourth-order valence-corrected chi connectivity index (χ4v) is 1.42. The minimum Gasteiger partial charge on any atom is -0.503 e. The zero-order valence-electron chi connectivity index (χ0n) is 10.8. The predicted octanol–water partition coefficient (Wildman–Crippen LogP) is 1.96. The third-order valence-corrected chi connectivity index (χ3v) is 2.39. The minimum absolute atomic E-state index is 0. The first kappa shape index (κ1) is 18.5. The number of phenols is 1. The van der Waals surface area contributed by atoms with Gasteiger partial charge in [-0.1, -0.05) is 6.92 Å². The van der Waals surface area contributed by atoms with Crippen molar-refractivity contribution in [2.45, 2.75) is 13.3 Å². The highest BCUT2D eigenvalue weighted by atomic mass is 35.5. The lowest BCUT2D eigenvalue weighted by Crippen LogP contribution is -2.32. The molecule has 0 unspecified atom stereocenters. The molecule has 114 valence electrons. The van der Waals surface area contributed by atoms with E-state index in [9.17, 15) is 18.0 Å². The van der Waals surface area contributed by atoms with Gasteiger partial charge in [-0.15, -0.1) is 12.4 Å². The number of halogens is 4. The van der Waals surface area contributed by atoms with Crippen LogP contribution in [0, 0.1) is 17.5 Å². The first-order valence-electron chi connectivity index (χ1n) is 5.84. The molecule has 0 aliphatic rings. The molecule has 0 aromatic heterocycles. The van der Waals surface area contributed by atoms with E-state index in [-0.39, 0.29) is 19.0 Å². The number of nitrogens with one attached hydrogen (secondary N) is 2. The monoisotopic (exact) mass is 312 g/mol. The maximum absolute atomic E-state index is 13.4. The van der Waals surface area contributed by atoms with Crippen LogP contribution in [0.15, 0.2) is 6.07 Å². The molecule has 0 fully saturated rings. The number of hydrogen-bond donors (Lipinski definition) is 3. The summed E-state index contributed by atoms with van der Waals surface area (Å²) in [6.07, 6.45) is 0.930. The molecular formula is C12H16ClF3N2O2. The second-order valence-corrected chi connectivity index (χ2v) is 3.89. The van der Waals surface area contributed by atoms with Gasteiger partial charge in [0.25, 0.3) is 5.91 Å². The van der Waals surface area contributed by atoms with Gasteiger partial charge in [0.15, 0.2) is 17.4 Å². The van der Waals surface area contributed by atoms with Crippen molar-refractivity contribution in [3.05, 3.63) is 29.1 Å². The molecule has 0 saturated heterocycles. The van der Waals surface area contributed by atoms with Crippen molar-refractivity contribution in [3.63, 3.8) is 0 Å². The fourth-order valence-electron chi connectivity index (χ4n) is 1.42. The Morgan fingerprint density at radius 2 is 1.85 bits per heavy atom. The van der Waals surface area contributed by atoms with Crippen LogP contribution in [-0.2, 0) is 0 Å². The molecular weight excluding hydrogens is 297 g/mol. The van der Waals surface area contributed by atoms with Gasteiger partial charge in [-0.2, -0.15) is 4.39 Å². The van der Waals surface area contributed by atoms with Crippen LogP contribution in [0.1, 0.15) is 23.7 Å². The SMILES string of the molecule is CCCNCCNC(=O)c1cc(F)c(F)c(O)c1F.Cl. The Bertz CT molecular complexity index is 473. The van der Waals surface area contributed by atoms with Crippen molar-refractivity contribution >= 4 is 18.3 Å². The molecule has 1 rings (SSSR count). The lowest BCUT2D eigenvalue weighted by molar-refractivity contribution is 0.0948. The molecule has 20 heavy (non-hydrogen) atoms. The van der Waals surface area contributed by atoms with Crippen LogP contribution in [0.3, 0.4) is 0 Å². The largest absolute Gasteiger partial charge is 0.503 e. The van der Waals surface area contributed by atoms with Gasteiger partial charge < -0.3 is 15.7 Å². The van der Waals surface area contributed by atoms with Crippen LogP contribution in [0.25, 0.3) is 0 Å². The molecule has 0 radical (unpaired) electrons. The first-order valence-corrected chi connectivity index (χ1v) is 5.84.